The lowest BCUT2D eigenvalue weighted by Crippen LogP contribution is -2.49. The number of piperazine rings is 1. The highest BCUT2D eigenvalue weighted by Gasteiger charge is 2.27. The van der Waals surface area contributed by atoms with E-state index in [1.807, 2.05) is 6.92 Å². The van der Waals surface area contributed by atoms with Crippen LogP contribution in [-0.4, -0.2) is 55.1 Å². The van der Waals surface area contributed by atoms with Gasteiger partial charge in [0.1, 0.15) is 0 Å². The summed E-state index contributed by atoms with van der Waals surface area (Å²) in [5, 5.41) is 6.59. The Labute approximate surface area is 143 Å². The van der Waals surface area contributed by atoms with E-state index in [9.17, 15) is 4.79 Å². The average molecular weight is 337 g/mol. The van der Waals surface area contributed by atoms with Crippen LogP contribution >= 0.6 is 11.3 Å². The number of aromatic nitrogens is 1. The van der Waals surface area contributed by atoms with E-state index >= 15 is 0 Å². The number of carbonyl (C=O) groups excluding carboxylic acids is 1. The minimum atomic E-state index is 0.339. The average Bonchev–Trinajstić information content (AvgIpc) is 3.02. The highest BCUT2D eigenvalue weighted by atomic mass is 32.1. The SMILES string of the molecule is Cc1csc(N2CCN(C(=O)CC(C)C3CCNCC3)CC2)n1. The van der Waals surface area contributed by atoms with Crippen LogP contribution in [0.25, 0.3) is 0 Å². The smallest absolute Gasteiger partial charge is 0.222 e. The maximum absolute atomic E-state index is 12.6. The van der Waals surface area contributed by atoms with Gasteiger partial charge in [0, 0.05) is 38.0 Å². The molecule has 0 radical (unpaired) electrons. The van der Waals surface area contributed by atoms with Gasteiger partial charge >= 0.3 is 0 Å². The Morgan fingerprint density at radius 3 is 2.65 bits per heavy atom. The molecule has 0 bridgehead atoms. The molecule has 1 N–H and O–H groups in total. The minimum absolute atomic E-state index is 0.339. The van der Waals surface area contributed by atoms with Crippen molar-refractivity contribution in [1.82, 2.24) is 15.2 Å². The summed E-state index contributed by atoms with van der Waals surface area (Å²) in [5.41, 5.74) is 1.08. The topological polar surface area (TPSA) is 48.5 Å². The Bertz CT molecular complexity index is 518. The third kappa shape index (κ3) is 4.23. The van der Waals surface area contributed by atoms with Crippen molar-refractivity contribution in [3.8, 4) is 0 Å². The van der Waals surface area contributed by atoms with E-state index in [0.29, 0.717) is 24.2 Å². The van der Waals surface area contributed by atoms with Crippen LogP contribution in [0.2, 0.25) is 0 Å². The lowest BCUT2D eigenvalue weighted by atomic mass is 9.84. The first kappa shape index (κ1) is 16.7. The first-order valence-corrected chi connectivity index (χ1v) is 9.67. The largest absolute Gasteiger partial charge is 0.345 e. The molecule has 0 aromatic carbocycles. The molecule has 6 heteroatoms. The van der Waals surface area contributed by atoms with Crippen molar-refractivity contribution >= 4 is 22.4 Å². The van der Waals surface area contributed by atoms with E-state index in [1.54, 1.807) is 11.3 Å². The van der Waals surface area contributed by atoms with Gasteiger partial charge in [-0.3, -0.25) is 4.79 Å². The molecule has 0 spiro atoms. The zero-order valence-electron chi connectivity index (χ0n) is 14.3. The van der Waals surface area contributed by atoms with Crippen LogP contribution in [0.3, 0.4) is 0 Å². The van der Waals surface area contributed by atoms with Crippen LogP contribution < -0.4 is 10.2 Å². The molecule has 1 aromatic heterocycles. The lowest BCUT2D eigenvalue weighted by molar-refractivity contribution is -0.132. The quantitative estimate of drug-likeness (QED) is 0.915. The van der Waals surface area contributed by atoms with Crippen molar-refractivity contribution in [1.29, 1.82) is 0 Å². The number of amides is 1. The number of nitrogens with zero attached hydrogens (tertiary/aromatic N) is 3. The number of carbonyl (C=O) groups is 1. The second kappa shape index (κ2) is 7.62. The lowest BCUT2D eigenvalue weighted by Gasteiger charge is -2.36. The molecule has 2 aliphatic rings. The minimum Gasteiger partial charge on any atom is -0.345 e. The van der Waals surface area contributed by atoms with E-state index in [-0.39, 0.29) is 0 Å². The molecule has 0 aliphatic carbocycles. The molecular formula is C17H28N4OS. The highest BCUT2D eigenvalue weighted by molar-refractivity contribution is 7.13. The van der Waals surface area contributed by atoms with Gasteiger partial charge in [0.2, 0.25) is 5.91 Å². The molecule has 23 heavy (non-hydrogen) atoms. The predicted octanol–water partition coefficient (Wildman–Crippen LogP) is 2.13. The number of rotatable bonds is 4. The van der Waals surface area contributed by atoms with E-state index in [4.69, 9.17) is 0 Å². The Morgan fingerprint density at radius 2 is 2.04 bits per heavy atom. The molecule has 128 valence electrons. The third-order valence-electron chi connectivity index (χ3n) is 5.19. The summed E-state index contributed by atoms with van der Waals surface area (Å²) in [4.78, 5) is 21.5. The van der Waals surface area contributed by atoms with E-state index < -0.39 is 0 Å². The van der Waals surface area contributed by atoms with Gasteiger partial charge in [-0.25, -0.2) is 4.98 Å². The van der Waals surface area contributed by atoms with Gasteiger partial charge in [0.05, 0.1) is 5.69 Å². The van der Waals surface area contributed by atoms with Crippen LogP contribution in [0, 0.1) is 18.8 Å². The third-order valence-corrected chi connectivity index (χ3v) is 6.21. The van der Waals surface area contributed by atoms with Crippen LogP contribution in [0.1, 0.15) is 31.9 Å². The number of thiazole rings is 1. The Kier molecular flexibility index (Phi) is 5.54. The van der Waals surface area contributed by atoms with Gasteiger partial charge in [-0.1, -0.05) is 6.92 Å². The van der Waals surface area contributed by atoms with Gasteiger partial charge in [0.25, 0.3) is 0 Å². The zero-order chi connectivity index (χ0) is 16.2. The predicted molar refractivity (Wildman–Crippen MR) is 95.0 cm³/mol. The summed E-state index contributed by atoms with van der Waals surface area (Å²) in [5.74, 6) is 1.55. The molecule has 1 aromatic rings. The van der Waals surface area contributed by atoms with Crippen molar-refractivity contribution in [2.45, 2.75) is 33.1 Å². The van der Waals surface area contributed by atoms with E-state index in [0.717, 1.165) is 50.1 Å². The molecule has 1 amide bonds. The monoisotopic (exact) mass is 336 g/mol. The highest BCUT2D eigenvalue weighted by Crippen LogP contribution is 2.26. The summed E-state index contributed by atoms with van der Waals surface area (Å²) in [7, 11) is 0. The van der Waals surface area contributed by atoms with Crippen LogP contribution in [-0.2, 0) is 4.79 Å². The fraction of sp³-hybridized carbons (Fsp3) is 0.765. The molecule has 2 fully saturated rings. The number of hydrogen-bond acceptors (Lipinski definition) is 5. The van der Waals surface area contributed by atoms with Crippen LogP contribution in [0.4, 0.5) is 5.13 Å². The molecular weight excluding hydrogens is 308 g/mol. The summed E-state index contributed by atoms with van der Waals surface area (Å²) >= 11 is 1.70. The van der Waals surface area contributed by atoms with E-state index in [1.165, 1.54) is 12.8 Å². The molecule has 1 unspecified atom stereocenters. The maximum Gasteiger partial charge on any atom is 0.222 e. The molecule has 2 aliphatic heterocycles. The molecule has 3 heterocycles. The molecule has 1 atom stereocenters. The Balaban J connectivity index is 1.46. The second-order valence-corrected chi connectivity index (χ2v) is 7.74. The zero-order valence-corrected chi connectivity index (χ0v) is 15.1. The van der Waals surface area contributed by atoms with Crippen molar-refractivity contribution in [2.24, 2.45) is 11.8 Å². The normalized spacial score (nSPS) is 21.5. The van der Waals surface area contributed by atoms with Gasteiger partial charge in [-0.2, -0.15) is 0 Å². The second-order valence-electron chi connectivity index (χ2n) is 6.91. The molecule has 2 saturated heterocycles. The molecule has 5 nitrogen and oxygen atoms in total. The Morgan fingerprint density at radius 1 is 1.35 bits per heavy atom. The van der Waals surface area contributed by atoms with Gasteiger partial charge in [0.15, 0.2) is 5.13 Å². The number of anilines is 1. The van der Waals surface area contributed by atoms with Gasteiger partial charge in [-0.05, 0) is 44.7 Å². The van der Waals surface area contributed by atoms with Crippen molar-refractivity contribution in [2.75, 3.05) is 44.2 Å². The van der Waals surface area contributed by atoms with Crippen LogP contribution in [0.15, 0.2) is 5.38 Å². The first-order chi connectivity index (χ1) is 11.1. The number of aryl methyl sites for hydroxylation is 1. The molecule has 3 rings (SSSR count). The van der Waals surface area contributed by atoms with Crippen molar-refractivity contribution in [3.05, 3.63) is 11.1 Å². The van der Waals surface area contributed by atoms with Gasteiger partial charge < -0.3 is 15.1 Å². The first-order valence-electron chi connectivity index (χ1n) is 8.79. The fourth-order valence-electron chi connectivity index (χ4n) is 3.62. The number of nitrogens with one attached hydrogen (secondary N) is 1. The standard InChI is InChI=1S/C17H28N4OS/c1-13(15-3-5-18-6-4-15)11-16(22)20-7-9-21(10-8-20)17-19-14(2)12-23-17/h12-13,15,18H,3-11H2,1-2H3. The van der Waals surface area contributed by atoms with E-state index in [2.05, 4.69) is 32.4 Å². The van der Waals surface area contributed by atoms with Crippen LogP contribution in [0.5, 0.6) is 0 Å². The Hall–Kier alpha value is -1.14. The fourth-order valence-corrected chi connectivity index (χ4v) is 4.48. The summed E-state index contributed by atoms with van der Waals surface area (Å²) in [6, 6.07) is 0. The number of hydrogen-bond donors (Lipinski definition) is 1. The summed E-state index contributed by atoms with van der Waals surface area (Å²) in [6.07, 6.45) is 3.14. The summed E-state index contributed by atoms with van der Waals surface area (Å²) in [6.45, 7) is 9.96. The van der Waals surface area contributed by atoms with Crippen molar-refractivity contribution < 1.29 is 4.79 Å². The van der Waals surface area contributed by atoms with Gasteiger partial charge in [-0.15, -0.1) is 11.3 Å². The molecule has 0 saturated carbocycles. The summed E-state index contributed by atoms with van der Waals surface area (Å²) < 4.78 is 0. The van der Waals surface area contributed by atoms with Crippen molar-refractivity contribution in [3.63, 3.8) is 0 Å². The maximum atomic E-state index is 12.6. The number of piperidine rings is 1.